The van der Waals surface area contributed by atoms with E-state index in [4.69, 9.17) is 4.74 Å². The van der Waals surface area contributed by atoms with Crippen LogP contribution in [-0.4, -0.2) is 37.7 Å². The molecule has 144 valence electrons. The molecule has 2 heterocycles. The van der Waals surface area contributed by atoms with Crippen LogP contribution in [0.4, 0.5) is 5.69 Å². The number of hydrogen-bond acceptors (Lipinski definition) is 3. The summed E-state index contributed by atoms with van der Waals surface area (Å²) in [5, 5.41) is 0. The van der Waals surface area contributed by atoms with E-state index < -0.39 is 0 Å². The van der Waals surface area contributed by atoms with E-state index in [2.05, 4.69) is 58.3 Å². The minimum atomic E-state index is 0.815. The molecular formula is C24H32N2O. The van der Waals surface area contributed by atoms with Gasteiger partial charge in [-0.2, -0.15) is 0 Å². The number of nitrogens with zero attached hydrogens (tertiary/aromatic N) is 2. The van der Waals surface area contributed by atoms with E-state index in [1.54, 1.807) is 0 Å². The number of piperidine rings is 1. The molecule has 27 heavy (non-hydrogen) atoms. The number of ether oxygens (including phenoxy) is 1. The molecule has 0 aromatic heterocycles. The summed E-state index contributed by atoms with van der Waals surface area (Å²) in [7, 11) is 0. The van der Waals surface area contributed by atoms with Gasteiger partial charge in [-0.1, -0.05) is 36.8 Å². The van der Waals surface area contributed by atoms with Gasteiger partial charge in [0.15, 0.2) is 0 Å². The van der Waals surface area contributed by atoms with Crippen LogP contribution in [-0.2, 0) is 13.0 Å². The smallest absolute Gasteiger partial charge is 0.119 e. The van der Waals surface area contributed by atoms with Gasteiger partial charge in [-0.25, -0.2) is 0 Å². The lowest BCUT2D eigenvalue weighted by atomic mass is 10.0. The first-order valence-corrected chi connectivity index (χ1v) is 10.7. The molecule has 4 rings (SSSR count). The zero-order valence-electron chi connectivity index (χ0n) is 16.4. The Bertz CT molecular complexity index is 707. The number of aryl methyl sites for hydroxylation is 1. The van der Waals surface area contributed by atoms with Gasteiger partial charge >= 0.3 is 0 Å². The predicted molar refractivity (Wildman–Crippen MR) is 113 cm³/mol. The molecule has 0 radical (unpaired) electrons. The van der Waals surface area contributed by atoms with Gasteiger partial charge in [0.05, 0.1) is 6.61 Å². The van der Waals surface area contributed by atoms with Crippen molar-refractivity contribution in [2.24, 2.45) is 0 Å². The highest BCUT2D eigenvalue weighted by Crippen LogP contribution is 2.28. The Morgan fingerprint density at radius 1 is 0.815 bits per heavy atom. The second-order valence-corrected chi connectivity index (χ2v) is 7.90. The summed E-state index contributed by atoms with van der Waals surface area (Å²) < 4.78 is 5.96. The lowest BCUT2D eigenvalue weighted by Crippen LogP contribution is -2.31. The van der Waals surface area contributed by atoms with E-state index in [0.717, 1.165) is 31.9 Å². The summed E-state index contributed by atoms with van der Waals surface area (Å²) >= 11 is 0. The van der Waals surface area contributed by atoms with Gasteiger partial charge in [-0.3, -0.25) is 0 Å². The lowest BCUT2D eigenvalue weighted by Gasteiger charge is -2.31. The van der Waals surface area contributed by atoms with Crippen LogP contribution < -0.4 is 9.64 Å². The summed E-state index contributed by atoms with van der Waals surface area (Å²) in [6, 6.07) is 17.5. The van der Waals surface area contributed by atoms with Crippen LogP contribution in [0.25, 0.3) is 0 Å². The molecule has 0 spiro atoms. The number of hydrogen-bond donors (Lipinski definition) is 0. The zero-order valence-corrected chi connectivity index (χ0v) is 16.4. The third-order valence-corrected chi connectivity index (χ3v) is 5.84. The fraction of sp³-hybridized carbons (Fsp3) is 0.500. The highest BCUT2D eigenvalue weighted by Gasteiger charge is 2.16. The van der Waals surface area contributed by atoms with Crippen molar-refractivity contribution in [3.05, 3.63) is 59.7 Å². The summed E-state index contributed by atoms with van der Waals surface area (Å²) in [5.41, 5.74) is 4.24. The maximum atomic E-state index is 5.96. The minimum Gasteiger partial charge on any atom is -0.494 e. The Hall–Kier alpha value is -2.00. The van der Waals surface area contributed by atoms with E-state index in [1.165, 1.54) is 68.6 Å². The molecule has 2 aromatic rings. The topological polar surface area (TPSA) is 15.7 Å². The van der Waals surface area contributed by atoms with Crippen molar-refractivity contribution in [1.29, 1.82) is 0 Å². The van der Waals surface area contributed by atoms with E-state index in [-0.39, 0.29) is 0 Å². The molecule has 3 nitrogen and oxygen atoms in total. The molecule has 0 N–H and O–H groups in total. The lowest BCUT2D eigenvalue weighted by molar-refractivity contribution is 0.205. The number of rotatable bonds is 7. The molecule has 0 unspecified atom stereocenters. The third-order valence-electron chi connectivity index (χ3n) is 5.84. The molecule has 1 saturated heterocycles. The van der Waals surface area contributed by atoms with E-state index in [1.807, 2.05) is 0 Å². The molecule has 0 amide bonds. The van der Waals surface area contributed by atoms with Crippen LogP contribution in [0.1, 0.15) is 43.2 Å². The Balaban J connectivity index is 1.24. The van der Waals surface area contributed by atoms with E-state index >= 15 is 0 Å². The standard InChI is InChI=1S/C24H32N2O/c1-4-15-25(16-5-1)17-7-19-27-23-13-11-21(12-14-23)20-26-18-6-9-22-8-2-3-10-24(22)26/h2-3,8,10-14H,1,4-7,9,15-20H2. The van der Waals surface area contributed by atoms with Gasteiger partial charge in [-0.15, -0.1) is 0 Å². The molecule has 2 aliphatic rings. The van der Waals surface area contributed by atoms with Gasteiger partial charge in [0.25, 0.3) is 0 Å². The van der Waals surface area contributed by atoms with Gasteiger partial charge in [0.2, 0.25) is 0 Å². The average molecular weight is 365 g/mol. The molecule has 1 fully saturated rings. The monoisotopic (exact) mass is 364 g/mol. The van der Waals surface area contributed by atoms with E-state index in [0.29, 0.717) is 0 Å². The first kappa shape index (κ1) is 18.4. The highest BCUT2D eigenvalue weighted by atomic mass is 16.5. The maximum Gasteiger partial charge on any atom is 0.119 e. The van der Waals surface area contributed by atoms with Gasteiger partial charge < -0.3 is 14.5 Å². The van der Waals surface area contributed by atoms with Crippen molar-refractivity contribution < 1.29 is 4.74 Å². The number of anilines is 1. The second kappa shape index (κ2) is 9.27. The van der Waals surface area contributed by atoms with Crippen LogP contribution in [0.5, 0.6) is 5.75 Å². The van der Waals surface area contributed by atoms with Crippen molar-refractivity contribution in [2.75, 3.05) is 37.7 Å². The molecular weight excluding hydrogens is 332 g/mol. The van der Waals surface area contributed by atoms with Gasteiger partial charge in [-0.05, 0) is 74.5 Å². The highest BCUT2D eigenvalue weighted by molar-refractivity contribution is 5.55. The van der Waals surface area contributed by atoms with Crippen LogP contribution >= 0.6 is 0 Å². The average Bonchev–Trinajstić information content (AvgIpc) is 2.73. The Morgan fingerprint density at radius 3 is 2.48 bits per heavy atom. The SMILES string of the molecule is c1ccc2c(c1)CCCN2Cc1ccc(OCCCN2CCCCC2)cc1. The predicted octanol–water partition coefficient (Wildman–Crippen LogP) is 4.89. The van der Waals surface area contributed by atoms with Crippen molar-refractivity contribution >= 4 is 5.69 Å². The summed E-state index contributed by atoms with van der Waals surface area (Å²) in [6.07, 6.45) is 7.70. The van der Waals surface area contributed by atoms with Crippen molar-refractivity contribution in [3.8, 4) is 5.75 Å². The van der Waals surface area contributed by atoms with Gasteiger partial charge in [0, 0.05) is 25.3 Å². The summed E-state index contributed by atoms with van der Waals surface area (Å²) in [4.78, 5) is 5.08. The first-order valence-electron chi connectivity index (χ1n) is 10.7. The molecule has 0 atom stereocenters. The fourth-order valence-corrected chi connectivity index (χ4v) is 4.35. The summed E-state index contributed by atoms with van der Waals surface area (Å²) in [5.74, 6) is 0.997. The Kier molecular flexibility index (Phi) is 6.31. The minimum absolute atomic E-state index is 0.815. The number of likely N-dealkylation sites (tertiary alicyclic amines) is 1. The zero-order chi connectivity index (χ0) is 18.3. The molecule has 0 aliphatic carbocycles. The molecule has 2 aliphatic heterocycles. The van der Waals surface area contributed by atoms with Crippen LogP contribution in [0.3, 0.4) is 0 Å². The van der Waals surface area contributed by atoms with Crippen LogP contribution in [0.2, 0.25) is 0 Å². The molecule has 3 heteroatoms. The number of para-hydroxylation sites is 1. The quantitative estimate of drug-likeness (QED) is 0.650. The fourth-order valence-electron chi connectivity index (χ4n) is 4.35. The van der Waals surface area contributed by atoms with Crippen molar-refractivity contribution in [1.82, 2.24) is 4.90 Å². The summed E-state index contributed by atoms with van der Waals surface area (Å²) in [6.45, 7) is 6.66. The first-order chi connectivity index (χ1) is 13.4. The largest absolute Gasteiger partial charge is 0.494 e. The Morgan fingerprint density at radius 2 is 1.63 bits per heavy atom. The normalized spacial score (nSPS) is 17.6. The van der Waals surface area contributed by atoms with Crippen LogP contribution in [0, 0.1) is 0 Å². The molecule has 0 bridgehead atoms. The van der Waals surface area contributed by atoms with Crippen LogP contribution in [0.15, 0.2) is 48.5 Å². The van der Waals surface area contributed by atoms with Crippen molar-refractivity contribution in [3.63, 3.8) is 0 Å². The molecule has 2 aromatic carbocycles. The maximum absolute atomic E-state index is 5.96. The van der Waals surface area contributed by atoms with Gasteiger partial charge in [0.1, 0.15) is 5.75 Å². The third kappa shape index (κ3) is 5.04. The van der Waals surface area contributed by atoms with E-state index in [9.17, 15) is 0 Å². The number of benzene rings is 2. The molecule has 0 saturated carbocycles. The number of fused-ring (bicyclic) bond motifs is 1. The van der Waals surface area contributed by atoms with Crippen molar-refractivity contribution in [2.45, 2.75) is 45.1 Å². The Labute approximate surface area is 163 Å². The second-order valence-electron chi connectivity index (χ2n) is 7.90.